The number of nitrogens with one attached hydrogen (secondary N) is 2. The zero-order valence-electron chi connectivity index (χ0n) is 18.3. The number of primary amides is 1. The number of aromatic nitrogens is 3. The first-order valence-electron chi connectivity index (χ1n) is 10.8. The molecule has 10 heteroatoms. The van der Waals surface area contributed by atoms with Crippen LogP contribution in [0.2, 0.25) is 0 Å². The van der Waals surface area contributed by atoms with Gasteiger partial charge in [0.15, 0.2) is 5.75 Å². The minimum atomic E-state index is -0.784. The molecule has 2 fully saturated rings. The molecule has 10 nitrogen and oxygen atoms in total. The third kappa shape index (κ3) is 3.67. The van der Waals surface area contributed by atoms with E-state index in [-0.39, 0.29) is 5.91 Å². The van der Waals surface area contributed by atoms with Crippen molar-refractivity contribution >= 4 is 23.2 Å². The molecule has 2 saturated carbocycles. The highest BCUT2D eigenvalue weighted by molar-refractivity contribution is 6.00. The first-order valence-corrected chi connectivity index (χ1v) is 10.8. The van der Waals surface area contributed by atoms with E-state index in [0.717, 1.165) is 12.8 Å². The lowest BCUT2D eigenvalue weighted by molar-refractivity contribution is -0.120. The number of rotatable bonds is 8. The van der Waals surface area contributed by atoms with Gasteiger partial charge in [0.25, 0.3) is 5.91 Å². The van der Waals surface area contributed by atoms with Gasteiger partial charge in [-0.3, -0.25) is 14.6 Å². The van der Waals surface area contributed by atoms with Crippen LogP contribution in [-0.2, 0) is 10.2 Å². The number of benzene rings is 1. The normalized spacial score (nSPS) is 16.2. The zero-order valence-corrected chi connectivity index (χ0v) is 18.3. The van der Waals surface area contributed by atoms with E-state index in [9.17, 15) is 9.59 Å². The molecule has 4 N–H and O–H groups in total. The summed E-state index contributed by atoms with van der Waals surface area (Å²) >= 11 is 0. The van der Waals surface area contributed by atoms with E-state index in [1.807, 2.05) is 18.2 Å². The van der Waals surface area contributed by atoms with E-state index < -0.39 is 11.3 Å². The maximum absolute atomic E-state index is 12.5. The molecule has 5 rings (SSSR count). The number of amides is 2. The van der Waals surface area contributed by atoms with Crippen LogP contribution in [0.5, 0.6) is 5.75 Å². The highest BCUT2D eigenvalue weighted by Crippen LogP contribution is 2.48. The predicted octanol–water partition coefficient (Wildman–Crippen LogP) is 2.64. The summed E-state index contributed by atoms with van der Waals surface area (Å²) < 4.78 is 11.1. The molecule has 1 aromatic carbocycles. The SMILES string of the molecule is CNC(=O)c1cnc(C2(C(N)=O)CC2)cc1Nc1cccc(-c2noc(C3CC3)n2)c1OC. The van der Waals surface area contributed by atoms with Gasteiger partial charge in [-0.1, -0.05) is 11.2 Å². The number of carbonyl (C=O) groups excluding carboxylic acids is 2. The van der Waals surface area contributed by atoms with Crippen molar-refractivity contribution in [2.24, 2.45) is 5.73 Å². The third-order valence-electron chi connectivity index (χ3n) is 6.19. The molecule has 0 aliphatic heterocycles. The quantitative estimate of drug-likeness (QED) is 0.477. The molecule has 2 heterocycles. The van der Waals surface area contributed by atoms with Crippen molar-refractivity contribution in [3.8, 4) is 17.1 Å². The smallest absolute Gasteiger partial charge is 0.254 e. The average Bonchev–Trinajstić information content (AvgIpc) is 3.76. The van der Waals surface area contributed by atoms with Crippen LogP contribution in [0.25, 0.3) is 11.4 Å². The van der Waals surface area contributed by atoms with E-state index in [1.165, 1.54) is 6.20 Å². The van der Waals surface area contributed by atoms with Gasteiger partial charge in [-0.2, -0.15) is 4.98 Å². The van der Waals surface area contributed by atoms with Crippen LogP contribution in [0.3, 0.4) is 0 Å². The van der Waals surface area contributed by atoms with E-state index >= 15 is 0 Å². The molecule has 2 amide bonds. The number of ether oxygens (including phenoxy) is 1. The maximum Gasteiger partial charge on any atom is 0.254 e. The fourth-order valence-electron chi connectivity index (χ4n) is 3.91. The van der Waals surface area contributed by atoms with Gasteiger partial charge < -0.3 is 25.6 Å². The second-order valence-electron chi connectivity index (χ2n) is 8.38. The van der Waals surface area contributed by atoms with Crippen LogP contribution in [0, 0.1) is 0 Å². The lowest BCUT2D eigenvalue weighted by Gasteiger charge is -2.18. The summed E-state index contributed by atoms with van der Waals surface area (Å²) in [5.74, 6) is 1.17. The van der Waals surface area contributed by atoms with Gasteiger partial charge >= 0.3 is 0 Å². The Labute approximate surface area is 189 Å². The maximum atomic E-state index is 12.5. The Balaban J connectivity index is 1.55. The lowest BCUT2D eigenvalue weighted by atomic mass is 9.99. The molecule has 0 bridgehead atoms. The molecule has 3 aromatic rings. The minimum Gasteiger partial charge on any atom is -0.494 e. The van der Waals surface area contributed by atoms with Crippen molar-refractivity contribution in [1.29, 1.82) is 0 Å². The summed E-state index contributed by atoms with van der Waals surface area (Å²) in [6.45, 7) is 0. The van der Waals surface area contributed by atoms with Crippen LogP contribution < -0.4 is 21.1 Å². The van der Waals surface area contributed by atoms with Gasteiger partial charge in [0.05, 0.1) is 40.7 Å². The Hall–Kier alpha value is -3.95. The van der Waals surface area contributed by atoms with Gasteiger partial charge in [0.2, 0.25) is 17.6 Å². The Kier molecular flexibility index (Phi) is 4.99. The number of hydrogen-bond acceptors (Lipinski definition) is 8. The fraction of sp³-hybridized carbons (Fsp3) is 0.348. The van der Waals surface area contributed by atoms with Crippen molar-refractivity contribution in [3.63, 3.8) is 0 Å². The Bertz CT molecular complexity index is 1250. The van der Waals surface area contributed by atoms with Crippen LogP contribution in [0.4, 0.5) is 11.4 Å². The molecule has 170 valence electrons. The van der Waals surface area contributed by atoms with E-state index in [0.29, 0.717) is 64.4 Å². The molecular formula is C23H24N6O4. The molecule has 2 aromatic heterocycles. The molecule has 0 radical (unpaired) electrons. The Morgan fingerprint density at radius 3 is 2.67 bits per heavy atom. The second kappa shape index (κ2) is 7.88. The summed E-state index contributed by atoms with van der Waals surface area (Å²) in [4.78, 5) is 33.4. The van der Waals surface area contributed by atoms with Gasteiger partial charge in [0, 0.05) is 19.2 Å². The van der Waals surface area contributed by atoms with Gasteiger partial charge in [0.1, 0.15) is 0 Å². The minimum absolute atomic E-state index is 0.317. The summed E-state index contributed by atoms with van der Waals surface area (Å²) in [5.41, 5.74) is 7.44. The number of methoxy groups -OCH3 is 1. The van der Waals surface area contributed by atoms with Crippen molar-refractivity contribution < 1.29 is 18.8 Å². The number of pyridine rings is 1. The van der Waals surface area contributed by atoms with Crippen LogP contribution in [0.15, 0.2) is 35.0 Å². The molecular weight excluding hydrogens is 424 g/mol. The highest BCUT2D eigenvalue weighted by Gasteiger charge is 2.51. The first-order chi connectivity index (χ1) is 16.0. The zero-order chi connectivity index (χ0) is 23.2. The second-order valence-corrected chi connectivity index (χ2v) is 8.38. The predicted molar refractivity (Wildman–Crippen MR) is 119 cm³/mol. The number of carbonyl (C=O) groups is 2. The molecule has 0 spiro atoms. The monoisotopic (exact) mass is 448 g/mol. The summed E-state index contributed by atoms with van der Waals surface area (Å²) in [5, 5.41) is 10.0. The van der Waals surface area contributed by atoms with E-state index in [2.05, 4.69) is 25.8 Å². The molecule has 0 unspecified atom stereocenters. The molecule has 33 heavy (non-hydrogen) atoms. The number of hydrogen-bond donors (Lipinski definition) is 3. The number of nitrogens with two attached hydrogens (primary N) is 1. The lowest BCUT2D eigenvalue weighted by Crippen LogP contribution is -2.29. The Morgan fingerprint density at radius 2 is 2.03 bits per heavy atom. The van der Waals surface area contributed by atoms with Crippen molar-refractivity contribution in [2.45, 2.75) is 37.0 Å². The van der Waals surface area contributed by atoms with Crippen molar-refractivity contribution in [2.75, 3.05) is 19.5 Å². The van der Waals surface area contributed by atoms with Crippen LogP contribution in [0.1, 0.15) is 53.5 Å². The molecule has 0 atom stereocenters. The number of nitrogens with zero attached hydrogens (tertiary/aromatic N) is 3. The highest BCUT2D eigenvalue weighted by atomic mass is 16.5. The molecule has 2 aliphatic rings. The largest absolute Gasteiger partial charge is 0.494 e. The number of anilines is 2. The number of para-hydroxylation sites is 1. The summed E-state index contributed by atoms with van der Waals surface area (Å²) in [7, 11) is 3.09. The first kappa shape index (κ1) is 20.9. The fourth-order valence-corrected chi connectivity index (χ4v) is 3.91. The molecule has 0 saturated heterocycles. The van der Waals surface area contributed by atoms with Gasteiger partial charge in [-0.15, -0.1) is 0 Å². The van der Waals surface area contributed by atoms with E-state index in [4.69, 9.17) is 15.0 Å². The third-order valence-corrected chi connectivity index (χ3v) is 6.19. The summed E-state index contributed by atoms with van der Waals surface area (Å²) in [6, 6.07) is 7.20. The average molecular weight is 448 g/mol. The molecule has 2 aliphatic carbocycles. The van der Waals surface area contributed by atoms with Crippen LogP contribution in [-0.4, -0.2) is 41.1 Å². The van der Waals surface area contributed by atoms with Gasteiger partial charge in [-0.05, 0) is 43.9 Å². The van der Waals surface area contributed by atoms with E-state index in [1.54, 1.807) is 20.2 Å². The Morgan fingerprint density at radius 1 is 1.24 bits per heavy atom. The van der Waals surface area contributed by atoms with Crippen molar-refractivity contribution in [3.05, 3.63) is 47.6 Å². The van der Waals surface area contributed by atoms with Gasteiger partial charge in [-0.25, -0.2) is 0 Å². The topological polar surface area (TPSA) is 145 Å². The van der Waals surface area contributed by atoms with Crippen LogP contribution >= 0.6 is 0 Å². The summed E-state index contributed by atoms with van der Waals surface area (Å²) in [6.07, 6.45) is 4.83. The standard InChI is InChI=1S/C23H24N6O4/c1-25-20(30)14-11-26-17(23(8-9-23)22(24)31)10-16(14)27-15-5-3-4-13(18(15)32-2)19-28-21(33-29-19)12-6-7-12/h3-5,10-12H,6-9H2,1-2H3,(H2,24,31)(H,25,30)(H,26,27). The van der Waals surface area contributed by atoms with Crippen molar-refractivity contribution in [1.82, 2.24) is 20.4 Å².